The number of hydrogen-bond acceptors (Lipinski definition) is 6. The molecule has 152 valence electrons. The number of anilines is 1. The molecule has 1 fully saturated rings. The predicted molar refractivity (Wildman–Crippen MR) is 104 cm³/mol. The van der Waals surface area contributed by atoms with E-state index in [4.69, 9.17) is 13.9 Å². The van der Waals surface area contributed by atoms with Gasteiger partial charge in [0.15, 0.2) is 11.5 Å². The molecular formula is C20H27N3O5. The molecule has 1 saturated heterocycles. The summed E-state index contributed by atoms with van der Waals surface area (Å²) in [6.07, 6.45) is 0.745. The van der Waals surface area contributed by atoms with Crippen LogP contribution in [0.15, 0.2) is 22.6 Å². The van der Waals surface area contributed by atoms with Crippen LogP contribution in [0.1, 0.15) is 46.4 Å². The van der Waals surface area contributed by atoms with Gasteiger partial charge in [-0.25, -0.2) is 9.78 Å². The molecule has 2 N–H and O–H groups in total. The number of aromatic nitrogens is 1. The molecule has 0 radical (unpaired) electrons. The molecule has 2 aromatic rings. The van der Waals surface area contributed by atoms with Crippen LogP contribution in [-0.2, 0) is 20.7 Å². The maximum Gasteiger partial charge on any atom is 0.407 e. The van der Waals surface area contributed by atoms with E-state index in [9.17, 15) is 9.59 Å². The molecule has 1 aliphatic heterocycles. The van der Waals surface area contributed by atoms with Gasteiger partial charge in [-0.15, -0.1) is 0 Å². The topological polar surface area (TPSA) is 103 Å². The quantitative estimate of drug-likeness (QED) is 0.812. The van der Waals surface area contributed by atoms with Gasteiger partial charge in [0.1, 0.15) is 17.2 Å². The van der Waals surface area contributed by atoms with E-state index in [1.165, 1.54) is 0 Å². The SMILES string of the molecule is CCc1nc2cc(NC(=O)[C@@H]3CC[C@@H](CNC(=O)OC(C)(C)C)O3)ccc2o1. The number of oxazole rings is 1. The normalized spacial score (nSPS) is 19.6. The third kappa shape index (κ3) is 5.22. The van der Waals surface area contributed by atoms with E-state index in [0.717, 1.165) is 0 Å². The van der Waals surface area contributed by atoms with E-state index in [0.29, 0.717) is 48.5 Å². The smallest absolute Gasteiger partial charge is 0.407 e. The first-order valence-corrected chi connectivity index (χ1v) is 9.56. The average molecular weight is 389 g/mol. The molecule has 2 amide bonds. The van der Waals surface area contributed by atoms with Gasteiger partial charge in [-0.2, -0.15) is 0 Å². The van der Waals surface area contributed by atoms with Gasteiger partial charge < -0.3 is 24.5 Å². The average Bonchev–Trinajstić information content (AvgIpc) is 3.24. The second-order valence-electron chi connectivity index (χ2n) is 7.84. The number of nitrogens with zero attached hydrogens (tertiary/aromatic N) is 1. The van der Waals surface area contributed by atoms with Crippen LogP contribution in [-0.4, -0.2) is 41.3 Å². The monoisotopic (exact) mass is 389 g/mol. The number of hydrogen-bond donors (Lipinski definition) is 2. The van der Waals surface area contributed by atoms with E-state index in [-0.39, 0.29) is 12.0 Å². The number of nitrogens with one attached hydrogen (secondary N) is 2. The molecule has 3 rings (SSSR count). The molecule has 0 saturated carbocycles. The van der Waals surface area contributed by atoms with Gasteiger partial charge in [0.2, 0.25) is 0 Å². The Balaban J connectivity index is 1.50. The van der Waals surface area contributed by atoms with Crippen molar-refractivity contribution in [2.75, 3.05) is 11.9 Å². The van der Waals surface area contributed by atoms with Gasteiger partial charge in [-0.3, -0.25) is 4.79 Å². The highest BCUT2D eigenvalue weighted by atomic mass is 16.6. The summed E-state index contributed by atoms with van der Waals surface area (Å²) in [5.41, 5.74) is 1.50. The van der Waals surface area contributed by atoms with Gasteiger partial charge in [-0.05, 0) is 51.8 Å². The van der Waals surface area contributed by atoms with Crippen LogP contribution in [0.5, 0.6) is 0 Å². The van der Waals surface area contributed by atoms with Crippen LogP contribution in [0, 0.1) is 0 Å². The van der Waals surface area contributed by atoms with Crippen LogP contribution < -0.4 is 10.6 Å². The molecule has 8 nitrogen and oxygen atoms in total. The molecule has 0 unspecified atom stereocenters. The minimum atomic E-state index is -0.551. The number of rotatable bonds is 5. The van der Waals surface area contributed by atoms with Crippen molar-refractivity contribution < 1.29 is 23.5 Å². The lowest BCUT2D eigenvalue weighted by atomic mass is 10.2. The number of carbonyl (C=O) groups is 2. The standard InChI is InChI=1S/C20H27N3O5/c1-5-17-23-14-10-12(6-8-15(14)27-17)22-18(24)16-9-7-13(26-16)11-21-19(25)28-20(2,3)4/h6,8,10,13,16H,5,7,9,11H2,1-4H3,(H,21,25)(H,22,24)/t13-,16-/m0/s1. The zero-order valence-electron chi connectivity index (χ0n) is 16.7. The maximum atomic E-state index is 12.5. The van der Waals surface area contributed by atoms with Crippen molar-refractivity contribution in [3.63, 3.8) is 0 Å². The summed E-state index contributed by atoms with van der Waals surface area (Å²) in [6, 6.07) is 5.36. The molecular weight excluding hydrogens is 362 g/mol. The second-order valence-corrected chi connectivity index (χ2v) is 7.84. The second kappa shape index (κ2) is 8.18. The van der Waals surface area contributed by atoms with Crippen molar-refractivity contribution >= 4 is 28.8 Å². The minimum Gasteiger partial charge on any atom is -0.444 e. The van der Waals surface area contributed by atoms with E-state index in [1.807, 2.05) is 6.92 Å². The van der Waals surface area contributed by atoms with Gasteiger partial charge >= 0.3 is 6.09 Å². The number of benzene rings is 1. The Kier molecular flexibility index (Phi) is 5.88. The predicted octanol–water partition coefficient (Wildman–Crippen LogP) is 3.40. The highest BCUT2D eigenvalue weighted by Crippen LogP contribution is 2.23. The summed E-state index contributed by atoms with van der Waals surface area (Å²) in [7, 11) is 0. The highest BCUT2D eigenvalue weighted by molar-refractivity contribution is 5.95. The Bertz CT molecular complexity index is 855. The van der Waals surface area contributed by atoms with Crippen LogP contribution >= 0.6 is 0 Å². The summed E-state index contributed by atoms with van der Waals surface area (Å²) in [4.78, 5) is 28.6. The van der Waals surface area contributed by atoms with Crippen molar-refractivity contribution in [2.24, 2.45) is 0 Å². The molecule has 0 spiro atoms. The number of alkyl carbamates (subject to hydrolysis) is 1. The van der Waals surface area contributed by atoms with E-state index < -0.39 is 17.8 Å². The van der Waals surface area contributed by atoms with Gasteiger partial charge in [0, 0.05) is 18.7 Å². The minimum absolute atomic E-state index is 0.210. The van der Waals surface area contributed by atoms with Crippen molar-refractivity contribution in [3.05, 3.63) is 24.1 Å². The Morgan fingerprint density at radius 2 is 2.07 bits per heavy atom. The number of amides is 2. The Labute approximate surface area is 164 Å². The maximum absolute atomic E-state index is 12.5. The summed E-state index contributed by atoms with van der Waals surface area (Å²) >= 11 is 0. The summed E-state index contributed by atoms with van der Waals surface area (Å²) in [5, 5.41) is 5.54. The first-order valence-electron chi connectivity index (χ1n) is 9.56. The van der Waals surface area contributed by atoms with E-state index in [1.54, 1.807) is 39.0 Å². The lowest BCUT2D eigenvalue weighted by Crippen LogP contribution is -2.37. The fourth-order valence-corrected chi connectivity index (χ4v) is 2.99. The fraction of sp³-hybridized carbons (Fsp3) is 0.550. The van der Waals surface area contributed by atoms with Crippen LogP contribution in [0.3, 0.4) is 0 Å². The van der Waals surface area contributed by atoms with Gasteiger partial charge in [0.05, 0.1) is 6.10 Å². The number of ether oxygens (including phenoxy) is 2. The lowest BCUT2D eigenvalue weighted by Gasteiger charge is -2.20. The van der Waals surface area contributed by atoms with Gasteiger partial charge in [0.25, 0.3) is 5.91 Å². The number of aryl methyl sites for hydroxylation is 1. The number of fused-ring (bicyclic) bond motifs is 1. The molecule has 28 heavy (non-hydrogen) atoms. The molecule has 8 heteroatoms. The summed E-state index contributed by atoms with van der Waals surface area (Å²) in [5.74, 6) is 0.455. The van der Waals surface area contributed by atoms with Crippen LogP contribution in [0.25, 0.3) is 11.1 Å². The van der Waals surface area contributed by atoms with E-state index in [2.05, 4.69) is 15.6 Å². The third-order valence-electron chi connectivity index (χ3n) is 4.27. The summed E-state index contributed by atoms with van der Waals surface area (Å²) in [6.45, 7) is 7.69. The fourth-order valence-electron chi connectivity index (χ4n) is 2.99. The van der Waals surface area contributed by atoms with Crippen molar-refractivity contribution in [2.45, 2.75) is 64.8 Å². The zero-order valence-corrected chi connectivity index (χ0v) is 16.7. The zero-order chi connectivity index (χ0) is 20.3. The largest absolute Gasteiger partial charge is 0.444 e. The Morgan fingerprint density at radius 3 is 2.79 bits per heavy atom. The van der Waals surface area contributed by atoms with Crippen LogP contribution in [0.4, 0.5) is 10.5 Å². The highest BCUT2D eigenvalue weighted by Gasteiger charge is 2.31. The Hall–Kier alpha value is -2.61. The molecule has 1 aliphatic rings. The molecule has 1 aromatic carbocycles. The molecule has 0 bridgehead atoms. The lowest BCUT2D eigenvalue weighted by molar-refractivity contribution is -0.126. The van der Waals surface area contributed by atoms with Crippen molar-refractivity contribution in [1.82, 2.24) is 10.3 Å². The number of carbonyl (C=O) groups excluding carboxylic acids is 2. The van der Waals surface area contributed by atoms with Crippen LogP contribution in [0.2, 0.25) is 0 Å². The first kappa shape index (κ1) is 20.1. The first-order chi connectivity index (χ1) is 13.2. The molecule has 1 aromatic heterocycles. The molecule has 2 atom stereocenters. The van der Waals surface area contributed by atoms with Gasteiger partial charge in [-0.1, -0.05) is 6.92 Å². The van der Waals surface area contributed by atoms with Crippen molar-refractivity contribution in [1.29, 1.82) is 0 Å². The molecule has 2 heterocycles. The van der Waals surface area contributed by atoms with Crippen molar-refractivity contribution in [3.8, 4) is 0 Å². The Morgan fingerprint density at radius 1 is 1.29 bits per heavy atom. The third-order valence-corrected chi connectivity index (χ3v) is 4.27. The molecule has 0 aliphatic carbocycles. The summed E-state index contributed by atoms with van der Waals surface area (Å²) < 4.78 is 16.5. The van der Waals surface area contributed by atoms with E-state index >= 15 is 0 Å².